The summed E-state index contributed by atoms with van der Waals surface area (Å²) in [6, 6.07) is 8.01. The summed E-state index contributed by atoms with van der Waals surface area (Å²) in [4.78, 5) is 13.9. The molecule has 2 aliphatic rings. The lowest BCUT2D eigenvalue weighted by Crippen LogP contribution is -2.44. The first-order chi connectivity index (χ1) is 12.2. The van der Waals surface area contributed by atoms with Gasteiger partial charge in [0.2, 0.25) is 12.7 Å². The minimum atomic E-state index is 0.293. The van der Waals surface area contributed by atoms with Crippen molar-refractivity contribution in [3.05, 3.63) is 35.5 Å². The molecule has 1 N–H and O–H groups in total. The maximum atomic E-state index is 5.43. The monoisotopic (exact) mass is 341 g/mol. The number of benzene rings is 1. The van der Waals surface area contributed by atoms with Crippen molar-refractivity contribution in [2.45, 2.75) is 13.5 Å². The summed E-state index contributed by atoms with van der Waals surface area (Å²) in [5.74, 6) is 3.25. The molecule has 0 amide bonds. The van der Waals surface area contributed by atoms with Crippen molar-refractivity contribution < 1.29 is 9.47 Å². The molecule has 7 nitrogen and oxygen atoms in total. The smallest absolute Gasteiger partial charge is 0.231 e. The number of fused-ring (bicyclic) bond motifs is 1. The Morgan fingerprint density at radius 3 is 2.68 bits per heavy atom. The Bertz CT molecular complexity index is 759. The SMILES string of the molecule is Cc1cc(N2CCN(C)CC2)nc(NCc2ccc3c(c2)OCO3)n1. The molecule has 1 aromatic heterocycles. The number of hydrogen-bond donors (Lipinski definition) is 1. The van der Waals surface area contributed by atoms with Crippen molar-refractivity contribution in [3.8, 4) is 11.5 Å². The molecule has 0 radical (unpaired) electrons. The molecule has 7 heteroatoms. The quantitative estimate of drug-likeness (QED) is 0.911. The van der Waals surface area contributed by atoms with Crippen LogP contribution in [0.1, 0.15) is 11.3 Å². The highest BCUT2D eigenvalue weighted by Gasteiger charge is 2.17. The molecule has 0 saturated carbocycles. The van der Waals surface area contributed by atoms with Crippen LogP contribution in [0.15, 0.2) is 24.3 Å². The number of likely N-dealkylation sites (N-methyl/N-ethyl adjacent to an activating group) is 1. The summed E-state index contributed by atoms with van der Waals surface area (Å²) in [5, 5.41) is 3.33. The molecule has 0 unspecified atom stereocenters. The van der Waals surface area contributed by atoms with E-state index in [1.54, 1.807) is 0 Å². The van der Waals surface area contributed by atoms with Crippen molar-refractivity contribution in [3.63, 3.8) is 0 Å². The van der Waals surface area contributed by atoms with Gasteiger partial charge < -0.3 is 24.6 Å². The summed E-state index contributed by atoms with van der Waals surface area (Å²) in [6.07, 6.45) is 0. The van der Waals surface area contributed by atoms with Crippen molar-refractivity contribution in [2.75, 3.05) is 50.2 Å². The first kappa shape index (κ1) is 16.0. The highest BCUT2D eigenvalue weighted by molar-refractivity contribution is 5.47. The van der Waals surface area contributed by atoms with E-state index in [-0.39, 0.29) is 0 Å². The van der Waals surface area contributed by atoms with E-state index in [0.717, 1.165) is 54.8 Å². The molecular weight excluding hydrogens is 318 g/mol. The number of nitrogens with one attached hydrogen (secondary N) is 1. The second kappa shape index (κ2) is 6.76. The summed E-state index contributed by atoms with van der Waals surface area (Å²) < 4.78 is 10.8. The van der Waals surface area contributed by atoms with E-state index in [2.05, 4.69) is 33.2 Å². The van der Waals surface area contributed by atoms with Crippen LogP contribution in [0, 0.1) is 6.92 Å². The first-order valence-corrected chi connectivity index (χ1v) is 8.59. The minimum absolute atomic E-state index is 0.293. The van der Waals surface area contributed by atoms with Gasteiger partial charge in [-0.05, 0) is 31.7 Å². The van der Waals surface area contributed by atoms with Crippen LogP contribution in [-0.4, -0.2) is 54.9 Å². The Labute approximate surface area is 147 Å². The number of piperazine rings is 1. The molecule has 2 aliphatic heterocycles. The number of aryl methyl sites for hydroxylation is 1. The van der Waals surface area contributed by atoms with Gasteiger partial charge in [0.15, 0.2) is 11.5 Å². The number of ether oxygens (including phenoxy) is 2. The molecule has 0 spiro atoms. The Kier molecular flexibility index (Phi) is 4.31. The van der Waals surface area contributed by atoms with Gasteiger partial charge in [-0.15, -0.1) is 0 Å². The van der Waals surface area contributed by atoms with Crippen LogP contribution in [0.2, 0.25) is 0 Å². The molecule has 4 rings (SSSR count). The molecule has 0 bridgehead atoms. The second-order valence-electron chi connectivity index (χ2n) is 6.52. The van der Waals surface area contributed by atoms with Gasteiger partial charge in [0.1, 0.15) is 5.82 Å². The number of rotatable bonds is 4. The molecule has 1 saturated heterocycles. The van der Waals surface area contributed by atoms with Gasteiger partial charge in [-0.2, -0.15) is 4.98 Å². The van der Waals surface area contributed by atoms with E-state index >= 15 is 0 Å². The molecule has 25 heavy (non-hydrogen) atoms. The fourth-order valence-corrected chi connectivity index (χ4v) is 3.06. The third-order valence-corrected chi connectivity index (χ3v) is 4.56. The zero-order chi connectivity index (χ0) is 17.2. The van der Waals surface area contributed by atoms with Crippen molar-refractivity contribution >= 4 is 11.8 Å². The van der Waals surface area contributed by atoms with Crippen molar-refractivity contribution in [1.29, 1.82) is 0 Å². The van der Waals surface area contributed by atoms with Crippen LogP contribution in [0.3, 0.4) is 0 Å². The number of anilines is 2. The van der Waals surface area contributed by atoms with Gasteiger partial charge >= 0.3 is 0 Å². The van der Waals surface area contributed by atoms with E-state index in [1.807, 2.05) is 25.1 Å². The summed E-state index contributed by atoms with van der Waals surface area (Å²) >= 11 is 0. The average Bonchev–Trinajstić information content (AvgIpc) is 3.08. The second-order valence-corrected chi connectivity index (χ2v) is 6.52. The average molecular weight is 341 g/mol. The number of hydrogen-bond acceptors (Lipinski definition) is 7. The maximum Gasteiger partial charge on any atom is 0.231 e. The van der Waals surface area contributed by atoms with Crippen LogP contribution in [0.25, 0.3) is 0 Å². The van der Waals surface area contributed by atoms with Gasteiger partial charge in [0.25, 0.3) is 0 Å². The van der Waals surface area contributed by atoms with Crippen molar-refractivity contribution in [2.24, 2.45) is 0 Å². The minimum Gasteiger partial charge on any atom is -0.454 e. The molecule has 0 atom stereocenters. The molecular formula is C18H23N5O2. The fourth-order valence-electron chi connectivity index (χ4n) is 3.06. The first-order valence-electron chi connectivity index (χ1n) is 8.59. The zero-order valence-electron chi connectivity index (χ0n) is 14.7. The van der Waals surface area contributed by atoms with Crippen LogP contribution in [0.4, 0.5) is 11.8 Å². The predicted molar refractivity (Wildman–Crippen MR) is 96.4 cm³/mol. The lowest BCUT2D eigenvalue weighted by molar-refractivity contribution is 0.174. The molecule has 3 heterocycles. The van der Waals surface area contributed by atoms with Crippen LogP contribution in [0.5, 0.6) is 11.5 Å². The molecule has 1 aromatic carbocycles. The van der Waals surface area contributed by atoms with E-state index in [9.17, 15) is 0 Å². The lowest BCUT2D eigenvalue weighted by atomic mass is 10.2. The van der Waals surface area contributed by atoms with E-state index in [4.69, 9.17) is 14.5 Å². The van der Waals surface area contributed by atoms with Gasteiger partial charge in [0, 0.05) is 44.5 Å². The van der Waals surface area contributed by atoms with Crippen molar-refractivity contribution in [1.82, 2.24) is 14.9 Å². The molecule has 2 aromatic rings. The van der Waals surface area contributed by atoms with Crippen LogP contribution < -0.4 is 19.7 Å². The van der Waals surface area contributed by atoms with E-state index in [1.165, 1.54) is 0 Å². The highest BCUT2D eigenvalue weighted by atomic mass is 16.7. The predicted octanol–water partition coefficient (Wildman–Crippen LogP) is 1.88. The van der Waals surface area contributed by atoms with E-state index in [0.29, 0.717) is 19.3 Å². The molecule has 132 valence electrons. The summed E-state index contributed by atoms with van der Waals surface area (Å²) in [5.41, 5.74) is 2.08. The largest absolute Gasteiger partial charge is 0.454 e. The van der Waals surface area contributed by atoms with Crippen LogP contribution >= 0.6 is 0 Å². The maximum absolute atomic E-state index is 5.43. The Balaban J connectivity index is 1.45. The molecule has 0 aliphatic carbocycles. The topological polar surface area (TPSA) is 62.8 Å². The summed E-state index contributed by atoms with van der Waals surface area (Å²) in [6.45, 7) is 7.05. The standard InChI is InChI=1S/C18H23N5O2/c1-13-9-17(23-7-5-22(2)6-8-23)21-18(20-13)19-11-14-3-4-15-16(10-14)25-12-24-15/h3-4,9-10H,5-8,11-12H2,1-2H3,(H,19,20,21). The Morgan fingerprint density at radius 1 is 1.04 bits per heavy atom. The summed E-state index contributed by atoms with van der Waals surface area (Å²) in [7, 11) is 2.15. The third-order valence-electron chi connectivity index (χ3n) is 4.56. The normalized spacial score (nSPS) is 17.0. The third kappa shape index (κ3) is 3.61. The van der Waals surface area contributed by atoms with Gasteiger partial charge in [-0.25, -0.2) is 4.98 Å². The Morgan fingerprint density at radius 2 is 1.84 bits per heavy atom. The van der Waals surface area contributed by atoms with Gasteiger partial charge in [-0.1, -0.05) is 6.07 Å². The number of aromatic nitrogens is 2. The van der Waals surface area contributed by atoms with Gasteiger partial charge in [0.05, 0.1) is 0 Å². The molecule has 1 fully saturated rings. The lowest BCUT2D eigenvalue weighted by Gasteiger charge is -2.33. The fraction of sp³-hybridized carbons (Fsp3) is 0.444. The number of nitrogens with zero attached hydrogens (tertiary/aromatic N) is 4. The van der Waals surface area contributed by atoms with E-state index < -0.39 is 0 Å². The zero-order valence-corrected chi connectivity index (χ0v) is 14.7. The van der Waals surface area contributed by atoms with Crippen LogP contribution in [-0.2, 0) is 6.54 Å². The Hall–Kier alpha value is -2.54. The van der Waals surface area contributed by atoms with Gasteiger partial charge in [-0.3, -0.25) is 0 Å². The highest BCUT2D eigenvalue weighted by Crippen LogP contribution is 2.32.